The molecule has 0 bridgehead atoms. The second-order valence-corrected chi connectivity index (χ2v) is 6.51. The third kappa shape index (κ3) is 3.96. The largest absolute Gasteiger partial charge is 0.497 e. The fraction of sp³-hybridized carbons (Fsp3) is 0.130. The van der Waals surface area contributed by atoms with Gasteiger partial charge in [0.1, 0.15) is 17.2 Å². The van der Waals surface area contributed by atoms with Crippen LogP contribution in [0.15, 0.2) is 60.9 Å². The van der Waals surface area contributed by atoms with E-state index in [9.17, 15) is 9.18 Å². The van der Waals surface area contributed by atoms with Gasteiger partial charge in [-0.2, -0.15) is 0 Å². The molecule has 2 heterocycles. The lowest BCUT2D eigenvalue weighted by Crippen LogP contribution is -2.10. The highest BCUT2D eigenvalue weighted by Gasteiger charge is 2.12. The summed E-state index contributed by atoms with van der Waals surface area (Å²) >= 11 is 0. The van der Waals surface area contributed by atoms with Gasteiger partial charge in [-0.3, -0.25) is 4.79 Å². The molecule has 0 fully saturated rings. The number of methoxy groups -OCH3 is 1. The zero-order valence-electron chi connectivity index (χ0n) is 15.2. The Labute approximate surface area is 168 Å². The van der Waals surface area contributed by atoms with Crippen molar-refractivity contribution in [2.75, 3.05) is 7.11 Å². The molecule has 4 aromatic rings. The molecule has 0 aliphatic rings. The van der Waals surface area contributed by atoms with Crippen molar-refractivity contribution >= 4 is 16.9 Å². The van der Waals surface area contributed by atoms with E-state index in [1.807, 2.05) is 18.3 Å². The van der Waals surface area contributed by atoms with Gasteiger partial charge < -0.3 is 15.5 Å². The number of carbonyl (C=O) groups excluding carboxylic acids is 1. The monoisotopic (exact) mass is 391 g/mol. The van der Waals surface area contributed by atoms with Crippen molar-refractivity contribution in [2.24, 2.45) is 5.73 Å². The molecule has 148 valence electrons. The lowest BCUT2D eigenvalue weighted by molar-refractivity contribution is 0.100. The Kier molecular flexibility index (Phi) is 5.64. The minimum absolute atomic E-state index is 0. The minimum atomic E-state index is -0.479. The number of pyridine rings is 1. The summed E-state index contributed by atoms with van der Waals surface area (Å²) in [5, 5.41) is 0.900. The van der Waals surface area contributed by atoms with Gasteiger partial charge in [-0.25, -0.2) is 9.37 Å². The molecule has 0 unspecified atom stereocenters. The van der Waals surface area contributed by atoms with E-state index in [0.717, 1.165) is 27.7 Å². The van der Waals surface area contributed by atoms with Crippen molar-refractivity contribution in [3.8, 4) is 16.9 Å². The molecule has 0 atom stereocenters. The molecule has 5 nitrogen and oxygen atoms in total. The van der Waals surface area contributed by atoms with E-state index in [4.69, 9.17) is 10.5 Å². The lowest BCUT2D eigenvalue weighted by Gasteiger charge is -2.06. The first-order valence-electron chi connectivity index (χ1n) is 8.74. The molecular formula is C23H22FN3O2. The van der Waals surface area contributed by atoms with E-state index >= 15 is 0 Å². The summed E-state index contributed by atoms with van der Waals surface area (Å²) in [5.41, 5.74) is 9.73. The summed E-state index contributed by atoms with van der Waals surface area (Å²) in [7, 11) is 1.51. The number of benzene rings is 2. The summed E-state index contributed by atoms with van der Waals surface area (Å²) in [6.07, 6.45) is 3.99. The van der Waals surface area contributed by atoms with Crippen LogP contribution in [0.25, 0.3) is 22.2 Å². The van der Waals surface area contributed by atoms with Crippen molar-refractivity contribution in [1.29, 1.82) is 0 Å². The maximum atomic E-state index is 14.3. The molecule has 0 saturated carbocycles. The number of H-pyrrole nitrogens is 1. The Morgan fingerprint density at radius 3 is 2.69 bits per heavy atom. The molecule has 29 heavy (non-hydrogen) atoms. The van der Waals surface area contributed by atoms with Crippen LogP contribution >= 0.6 is 0 Å². The van der Waals surface area contributed by atoms with Gasteiger partial charge in [-0.15, -0.1) is 0 Å². The van der Waals surface area contributed by atoms with Gasteiger partial charge in [0.15, 0.2) is 0 Å². The summed E-state index contributed by atoms with van der Waals surface area (Å²) < 4.78 is 19.4. The van der Waals surface area contributed by atoms with Crippen molar-refractivity contribution < 1.29 is 13.9 Å². The molecule has 2 aromatic carbocycles. The predicted octanol–water partition coefficient (Wildman–Crippen LogP) is 4.70. The Hall–Kier alpha value is -3.67. The maximum absolute atomic E-state index is 14.3. The normalized spacial score (nSPS) is 10.6. The van der Waals surface area contributed by atoms with Crippen LogP contribution in [-0.2, 0) is 6.42 Å². The zero-order valence-corrected chi connectivity index (χ0v) is 15.2. The van der Waals surface area contributed by atoms with Crippen molar-refractivity contribution in [1.82, 2.24) is 9.97 Å². The number of ether oxygens (including phenoxy) is 1. The van der Waals surface area contributed by atoms with Gasteiger partial charge >= 0.3 is 0 Å². The third-order valence-electron chi connectivity index (χ3n) is 4.74. The number of carbonyl (C=O) groups is 1. The average Bonchev–Trinajstić information content (AvgIpc) is 3.11. The van der Waals surface area contributed by atoms with E-state index in [-0.39, 0.29) is 13.2 Å². The van der Waals surface area contributed by atoms with Gasteiger partial charge in [0.2, 0.25) is 5.91 Å². The lowest BCUT2D eigenvalue weighted by atomic mass is 10.0. The molecular weight excluding hydrogens is 369 g/mol. The topological polar surface area (TPSA) is 81.0 Å². The second kappa shape index (κ2) is 8.14. The quantitative estimate of drug-likeness (QED) is 0.517. The Bertz CT molecular complexity index is 1180. The van der Waals surface area contributed by atoms with Crippen molar-refractivity contribution in [2.45, 2.75) is 13.8 Å². The number of nitrogens with two attached hydrogens (primary N) is 1. The summed E-state index contributed by atoms with van der Waals surface area (Å²) in [5.74, 6) is -0.307. The molecule has 0 aliphatic carbocycles. The number of hydrogen-bond donors (Lipinski definition) is 2. The number of amides is 1. The molecule has 2 aromatic heterocycles. The second-order valence-electron chi connectivity index (χ2n) is 6.51. The van der Waals surface area contributed by atoms with Gasteiger partial charge in [-0.05, 0) is 41.0 Å². The molecule has 0 aliphatic heterocycles. The number of aromatic nitrogens is 2. The first-order valence-corrected chi connectivity index (χ1v) is 8.74. The van der Waals surface area contributed by atoms with Gasteiger partial charge in [0.25, 0.3) is 0 Å². The SMILES string of the molecule is C.COc1ccc(Cc2c[nH]c3ncc(-c4cccc(C(N)=O)c4)cc23)c(F)c1. The van der Waals surface area contributed by atoms with Crippen LogP contribution in [0, 0.1) is 5.82 Å². The van der Waals surface area contributed by atoms with Crippen LogP contribution < -0.4 is 10.5 Å². The number of primary amides is 1. The fourth-order valence-electron chi connectivity index (χ4n) is 3.22. The van der Waals surface area contributed by atoms with Crippen LogP contribution in [0.5, 0.6) is 5.75 Å². The standard InChI is InChI=1S/C22H18FN3O2.CH4/c1-28-18-6-5-14(20(23)10-18)8-17-12-26-22-19(17)9-16(11-25-22)13-3-2-4-15(7-13)21(24)27;/h2-7,9-12H,8H2,1H3,(H2,24,27)(H,25,26);1H4. The summed E-state index contributed by atoms with van der Waals surface area (Å²) in [6.45, 7) is 0. The summed E-state index contributed by atoms with van der Waals surface area (Å²) in [4.78, 5) is 19.0. The summed E-state index contributed by atoms with van der Waals surface area (Å²) in [6, 6.07) is 13.9. The Morgan fingerprint density at radius 1 is 1.14 bits per heavy atom. The molecule has 6 heteroatoms. The van der Waals surface area contributed by atoms with E-state index in [1.54, 1.807) is 36.5 Å². The molecule has 0 saturated heterocycles. The molecule has 0 radical (unpaired) electrons. The van der Waals surface area contributed by atoms with Crippen LogP contribution in [-0.4, -0.2) is 23.0 Å². The third-order valence-corrected chi connectivity index (χ3v) is 4.74. The average molecular weight is 391 g/mol. The number of aromatic amines is 1. The van der Waals surface area contributed by atoms with Crippen LogP contribution in [0.3, 0.4) is 0 Å². The van der Waals surface area contributed by atoms with Gasteiger partial charge in [0.05, 0.1) is 7.11 Å². The number of halogens is 1. The van der Waals surface area contributed by atoms with Crippen LogP contribution in [0.1, 0.15) is 28.9 Å². The van der Waals surface area contributed by atoms with Crippen molar-refractivity contribution in [3.63, 3.8) is 0 Å². The van der Waals surface area contributed by atoms with E-state index in [0.29, 0.717) is 23.3 Å². The molecule has 1 amide bonds. The Morgan fingerprint density at radius 2 is 1.97 bits per heavy atom. The number of nitrogens with one attached hydrogen (secondary N) is 1. The van der Waals surface area contributed by atoms with Gasteiger partial charge in [0, 0.05) is 41.4 Å². The highest BCUT2D eigenvalue weighted by atomic mass is 19.1. The highest BCUT2D eigenvalue weighted by Crippen LogP contribution is 2.27. The number of nitrogens with zero attached hydrogens (tertiary/aromatic N) is 1. The molecule has 3 N–H and O–H groups in total. The van der Waals surface area contributed by atoms with Crippen molar-refractivity contribution in [3.05, 3.63) is 83.4 Å². The van der Waals surface area contributed by atoms with E-state index in [1.165, 1.54) is 13.2 Å². The smallest absolute Gasteiger partial charge is 0.248 e. The Balaban J connectivity index is 0.00000240. The number of fused-ring (bicyclic) bond motifs is 1. The first-order chi connectivity index (χ1) is 13.5. The van der Waals surface area contributed by atoms with Gasteiger partial charge in [-0.1, -0.05) is 25.6 Å². The van der Waals surface area contributed by atoms with E-state index < -0.39 is 5.91 Å². The van der Waals surface area contributed by atoms with E-state index in [2.05, 4.69) is 9.97 Å². The predicted molar refractivity (Wildman–Crippen MR) is 113 cm³/mol. The molecule has 0 spiro atoms. The number of hydrogen-bond acceptors (Lipinski definition) is 3. The maximum Gasteiger partial charge on any atom is 0.248 e. The van der Waals surface area contributed by atoms with Crippen LogP contribution in [0.2, 0.25) is 0 Å². The first kappa shape index (κ1) is 20.1. The minimum Gasteiger partial charge on any atom is -0.497 e. The number of rotatable bonds is 5. The highest BCUT2D eigenvalue weighted by molar-refractivity contribution is 5.94. The van der Waals surface area contributed by atoms with Crippen LogP contribution in [0.4, 0.5) is 4.39 Å². The molecule has 4 rings (SSSR count). The zero-order chi connectivity index (χ0) is 19.7. The fourth-order valence-corrected chi connectivity index (χ4v) is 3.22.